The molecule has 2 saturated heterocycles. The Kier molecular flexibility index (Phi) is 3.88. The third-order valence-corrected chi connectivity index (χ3v) is 5.34. The molecule has 126 valence electrons. The average molecular weight is 325 g/mol. The monoisotopic (exact) mass is 325 g/mol. The maximum absolute atomic E-state index is 12.9. The van der Waals surface area contributed by atoms with Crippen molar-refractivity contribution in [1.82, 2.24) is 14.8 Å². The number of aliphatic hydroxyl groups excluding tert-OH is 1. The fourth-order valence-corrected chi connectivity index (χ4v) is 3.90. The van der Waals surface area contributed by atoms with Gasteiger partial charge in [-0.15, -0.1) is 0 Å². The number of β-amino-alcohol motifs (C(OH)–C–C–N with tert-alkyl or cyclic N) is 1. The molecule has 3 unspecified atom stereocenters. The first-order valence-corrected chi connectivity index (χ1v) is 8.72. The number of carbonyl (C=O) groups excluding carboxylic acids is 1. The smallest absolute Gasteiger partial charge is 0.320 e. The van der Waals surface area contributed by atoms with Gasteiger partial charge in [0.05, 0.1) is 17.7 Å². The second-order valence-electron chi connectivity index (χ2n) is 7.04. The molecule has 0 radical (unpaired) electrons. The number of rotatable bonds is 1. The van der Waals surface area contributed by atoms with Crippen molar-refractivity contribution in [2.45, 2.75) is 31.9 Å². The first-order chi connectivity index (χ1) is 11.6. The summed E-state index contributed by atoms with van der Waals surface area (Å²) in [5, 5.41) is 11.0. The van der Waals surface area contributed by atoms with Crippen molar-refractivity contribution in [2.75, 3.05) is 19.6 Å². The van der Waals surface area contributed by atoms with Crippen LogP contribution in [0.1, 0.15) is 31.4 Å². The highest BCUT2D eigenvalue weighted by Crippen LogP contribution is 2.34. The minimum atomic E-state index is -0.405. The normalized spacial score (nSPS) is 27.2. The fourth-order valence-electron chi connectivity index (χ4n) is 3.90. The molecule has 3 heterocycles. The van der Waals surface area contributed by atoms with Gasteiger partial charge in [0.2, 0.25) is 0 Å². The number of carbonyl (C=O) groups is 1. The Morgan fingerprint density at radius 1 is 1.29 bits per heavy atom. The summed E-state index contributed by atoms with van der Waals surface area (Å²) in [7, 11) is 0. The van der Waals surface area contributed by atoms with E-state index in [1.165, 1.54) is 0 Å². The maximum atomic E-state index is 12.9. The van der Waals surface area contributed by atoms with Crippen molar-refractivity contribution >= 4 is 16.9 Å². The Morgan fingerprint density at radius 2 is 2.12 bits per heavy atom. The molecule has 0 bridgehead atoms. The van der Waals surface area contributed by atoms with Gasteiger partial charge < -0.3 is 14.9 Å². The number of hydrogen-bond donors (Lipinski definition) is 1. The molecular weight excluding hydrogens is 302 g/mol. The van der Waals surface area contributed by atoms with Crippen LogP contribution in [-0.2, 0) is 0 Å². The second kappa shape index (κ2) is 6.06. The predicted molar refractivity (Wildman–Crippen MR) is 92.6 cm³/mol. The number of aliphatic hydroxyl groups is 1. The predicted octanol–water partition coefficient (Wildman–Crippen LogP) is 2.80. The zero-order valence-electron chi connectivity index (χ0n) is 13.9. The minimum Gasteiger partial charge on any atom is -0.391 e. The van der Waals surface area contributed by atoms with Crippen LogP contribution in [0.15, 0.2) is 36.5 Å². The van der Waals surface area contributed by atoms with E-state index in [0.29, 0.717) is 13.1 Å². The van der Waals surface area contributed by atoms with Gasteiger partial charge in [-0.1, -0.05) is 25.1 Å². The van der Waals surface area contributed by atoms with Crippen molar-refractivity contribution < 1.29 is 9.90 Å². The number of urea groups is 1. The number of para-hydroxylation sites is 1. The zero-order valence-corrected chi connectivity index (χ0v) is 13.9. The number of aromatic nitrogens is 1. The molecule has 2 fully saturated rings. The van der Waals surface area contributed by atoms with E-state index in [4.69, 9.17) is 0 Å². The van der Waals surface area contributed by atoms with Crippen molar-refractivity contribution in [2.24, 2.45) is 5.92 Å². The molecule has 4 rings (SSSR count). The van der Waals surface area contributed by atoms with E-state index in [0.717, 1.165) is 35.9 Å². The molecule has 0 saturated carbocycles. The third-order valence-electron chi connectivity index (χ3n) is 5.34. The highest BCUT2D eigenvalue weighted by atomic mass is 16.3. The van der Waals surface area contributed by atoms with Gasteiger partial charge in [-0.2, -0.15) is 0 Å². The van der Waals surface area contributed by atoms with Crippen molar-refractivity contribution in [3.05, 3.63) is 42.1 Å². The van der Waals surface area contributed by atoms with Crippen molar-refractivity contribution in [3.63, 3.8) is 0 Å². The van der Waals surface area contributed by atoms with E-state index in [2.05, 4.69) is 17.1 Å². The Bertz CT molecular complexity index is 753. The molecule has 0 aliphatic carbocycles. The molecule has 2 aromatic rings. The van der Waals surface area contributed by atoms with Gasteiger partial charge in [-0.3, -0.25) is 4.98 Å². The number of likely N-dealkylation sites (tertiary alicyclic amines) is 2. The Labute approximate surface area is 141 Å². The Balaban J connectivity index is 1.58. The van der Waals surface area contributed by atoms with Gasteiger partial charge in [0.15, 0.2) is 0 Å². The molecule has 0 spiro atoms. The van der Waals surface area contributed by atoms with Gasteiger partial charge >= 0.3 is 6.03 Å². The van der Waals surface area contributed by atoms with Crippen LogP contribution in [0.4, 0.5) is 4.79 Å². The number of nitrogens with zero attached hydrogens (tertiary/aromatic N) is 3. The van der Waals surface area contributed by atoms with Crippen LogP contribution in [0.3, 0.4) is 0 Å². The standard InChI is InChI=1S/C19H23N3O2/c1-13-11-21(12-18(13)23)19(24)22-8-4-7-17(22)15-9-14-5-2-3-6-16(14)20-10-15/h2-3,5-6,9-10,13,17-18,23H,4,7-8,11-12H2,1H3. The number of pyridine rings is 1. The van der Waals surface area contributed by atoms with E-state index in [9.17, 15) is 9.90 Å². The Hall–Kier alpha value is -2.14. The largest absolute Gasteiger partial charge is 0.391 e. The Morgan fingerprint density at radius 3 is 2.92 bits per heavy atom. The summed E-state index contributed by atoms with van der Waals surface area (Å²) in [6.45, 7) is 3.85. The van der Waals surface area contributed by atoms with E-state index in [-0.39, 0.29) is 18.0 Å². The van der Waals surface area contributed by atoms with Gasteiger partial charge in [-0.05, 0) is 30.5 Å². The quantitative estimate of drug-likeness (QED) is 0.877. The van der Waals surface area contributed by atoms with Gasteiger partial charge in [-0.25, -0.2) is 4.79 Å². The van der Waals surface area contributed by atoms with Crippen LogP contribution < -0.4 is 0 Å². The molecule has 1 aromatic heterocycles. The molecule has 2 aliphatic rings. The molecule has 24 heavy (non-hydrogen) atoms. The SMILES string of the molecule is CC1CN(C(=O)N2CCCC2c2cnc3ccccc3c2)CC1O. The molecular formula is C19H23N3O2. The number of benzene rings is 1. The molecule has 3 atom stereocenters. The first kappa shape index (κ1) is 15.4. The maximum Gasteiger partial charge on any atom is 0.320 e. The summed E-state index contributed by atoms with van der Waals surface area (Å²) in [5.74, 6) is 0.150. The summed E-state index contributed by atoms with van der Waals surface area (Å²) in [6, 6.07) is 10.4. The molecule has 5 heteroatoms. The fraction of sp³-hybridized carbons (Fsp3) is 0.474. The molecule has 5 nitrogen and oxygen atoms in total. The van der Waals surface area contributed by atoms with E-state index in [1.807, 2.05) is 36.2 Å². The summed E-state index contributed by atoms with van der Waals surface area (Å²) >= 11 is 0. The summed E-state index contributed by atoms with van der Waals surface area (Å²) < 4.78 is 0. The molecule has 1 aromatic carbocycles. The number of hydrogen-bond acceptors (Lipinski definition) is 3. The van der Waals surface area contributed by atoms with Crippen molar-refractivity contribution in [1.29, 1.82) is 0 Å². The van der Waals surface area contributed by atoms with Crippen molar-refractivity contribution in [3.8, 4) is 0 Å². The van der Waals surface area contributed by atoms with E-state index >= 15 is 0 Å². The first-order valence-electron chi connectivity index (χ1n) is 8.72. The summed E-state index contributed by atoms with van der Waals surface area (Å²) in [4.78, 5) is 21.2. The summed E-state index contributed by atoms with van der Waals surface area (Å²) in [6.07, 6.45) is 3.48. The van der Waals surface area contributed by atoms with Gasteiger partial charge in [0, 0.05) is 37.1 Å². The van der Waals surface area contributed by atoms with Gasteiger partial charge in [0.1, 0.15) is 0 Å². The van der Waals surface area contributed by atoms with Gasteiger partial charge in [0.25, 0.3) is 0 Å². The topological polar surface area (TPSA) is 56.7 Å². The third kappa shape index (κ3) is 2.63. The highest BCUT2D eigenvalue weighted by Gasteiger charge is 2.37. The van der Waals surface area contributed by atoms with E-state index < -0.39 is 6.10 Å². The molecule has 2 amide bonds. The minimum absolute atomic E-state index is 0.0501. The van der Waals surface area contributed by atoms with Crippen LogP contribution in [-0.4, -0.2) is 51.7 Å². The lowest BCUT2D eigenvalue weighted by molar-refractivity contribution is 0.136. The van der Waals surface area contributed by atoms with Crippen LogP contribution in [0, 0.1) is 5.92 Å². The van der Waals surface area contributed by atoms with Crippen LogP contribution >= 0.6 is 0 Å². The lowest BCUT2D eigenvalue weighted by Crippen LogP contribution is -2.42. The van der Waals surface area contributed by atoms with Crippen LogP contribution in [0.5, 0.6) is 0 Å². The average Bonchev–Trinajstić information content (AvgIpc) is 3.21. The lowest BCUT2D eigenvalue weighted by Gasteiger charge is -2.29. The van der Waals surface area contributed by atoms with E-state index in [1.54, 1.807) is 4.90 Å². The highest BCUT2D eigenvalue weighted by molar-refractivity contribution is 5.79. The number of fused-ring (bicyclic) bond motifs is 1. The molecule has 2 aliphatic heterocycles. The second-order valence-corrected chi connectivity index (χ2v) is 7.04. The molecule has 1 N–H and O–H groups in total. The zero-order chi connectivity index (χ0) is 16.7. The van der Waals surface area contributed by atoms with Crippen LogP contribution in [0.25, 0.3) is 10.9 Å². The summed E-state index contributed by atoms with van der Waals surface area (Å²) in [5.41, 5.74) is 2.08. The number of amides is 2. The van der Waals surface area contributed by atoms with Crippen LogP contribution in [0.2, 0.25) is 0 Å². The lowest BCUT2D eigenvalue weighted by atomic mass is 10.0.